The second-order valence-corrected chi connectivity index (χ2v) is 9.02. The smallest absolute Gasteiger partial charge is 0.349 e. The minimum atomic E-state index is -4.49. The van der Waals surface area contributed by atoms with Crippen LogP contribution in [0.2, 0.25) is 0 Å². The van der Waals surface area contributed by atoms with Crippen LogP contribution in [0, 0.1) is 0 Å². The summed E-state index contributed by atoms with van der Waals surface area (Å²) in [4.78, 5) is 30.9. The van der Waals surface area contributed by atoms with Crippen molar-refractivity contribution in [2.24, 2.45) is 0 Å². The van der Waals surface area contributed by atoms with Gasteiger partial charge in [0.1, 0.15) is 0 Å². The molecule has 0 radical (unpaired) electrons. The summed E-state index contributed by atoms with van der Waals surface area (Å²) >= 11 is 0. The van der Waals surface area contributed by atoms with Gasteiger partial charge < -0.3 is 10.2 Å². The Bertz CT molecular complexity index is 1210. The van der Waals surface area contributed by atoms with E-state index in [1.165, 1.54) is 21.8 Å². The molecule has 0 bridgehead atoms. The predicted molar refractivity (Wildman–Crippen MR) is 123 cm³/mol. The molecular formula is C25H26F3N5O2. The summed E-state index contributed by atoms with van der Waals surface area (Å²) in [5, 5.41) is 7.19. The Kier molecular flexibility index (Phi) is 6.64. The lowest BCUT2D eigenvalue weighted by Gasteiger charge is -2.19. The lowest BCUT2D eigenvalue weighted by atomic mass is 10.0. The normalized spacial score (nSPS) is 13.7. The number of hydrogen-bond acceptors (Lipinski definition) is 4. The first-order chi connectivity index (χ1) is 16.5. The van der Waals surface area contributed by atoms with E-state index < -0.39 is 11.7 Å². The van der Waals surface area contributed by atoms with Crippen LogP contribution in [0.4, 0.5) is 13.2 Å². The average Bonchev–Trinajstić information content (AvgIpc) is 3.51. The van der Waals surface area contributed by atoms with Crippen LogP contribution in [0.5, 0.6) is 0 Å². The first-order valence-electron chi connectivity index (χ1n) is 11.3. The Labute approximate surface area is 201 Å². The second-order valence-electron chi connectivity index (χ2n) is 9.02. The molecule has 1 aromatic carbocycles. The van der Waals surface area contributed by atoms with Gasteiger partial charge in [0.25, 0.3) is 11.8 Å². The fourth-order valence-electron chi connectivity index (χ4n) is 3.75. The number of hydrogen-bond donors (Lipinski definition) is 1. The Hall–Kier alpha value is -3.69. The summed E-state index contributed by atoms with van der Waals surface area (Å²) in [6.45, 7) is 4.06. The van der Waals surface area contributed by atoms with Gasteiger partial charge in [0.15, 0.2) is 5.82 Å². The highest BCUT2D eigenvalue weighted by Gasteiger charge is 2.31. The number of carbonyl (C=O) groups is 2. The molecule has 1 saturated carbocycles. The zero-order chi connectivity index (χ0) is 25.3. The Morgan fingerprint density at radius 1 is 1.11 bits per heavy atom. The number of nitrogens with zero attached hydrogens (tertiary/aromatic N) is 4. The molecule has 1 N–H and O–H groups in total. The summed E-state index contributed by atoms with van der Waals surface area (Å²) in [6, 6.07) is 9.55. The zero-order valence-electron chi connectivity index (χ0n) is 19.6. The molecule has 0 atom stereocenters. The molecule has 1 aliphatic carbocycles. The molecule has 3 aromatic rings. The van der Waals surface area contributed by atoms with E-state index in [1.807, 2.05) is 26.0 Å². The number of pyridine rings is 1. The van der Waals surface area contributed by atoms with Gasteiger partial charge in [0.05, 0.1) is 23.0 Å². The van der Waals surface area contributed by atoms with Crippen molar-refractivity contribution in [1.29, 1.82) is 0 Å². The van der Waals surface area contributed by atoms with Gasteiger partial charge in [-0.05, 0) is 48.6 Å². The van der Waals surface area contributed by atoms with Crippen LogP contribution in [0.3, 0.4) is 0 Å². The molecule has 0 saturated heterocycles. The van der Waals surface area contributed by atoms with E-state index in [0.29, 0.717) is 23.4 Å². The minimum Gasteiger partial charge on any atom is -0.349 e. The van der Waals surface area contributed by atoms with Gasteiger partial charge in [0, 0.05) is 31.4 Å². The first kappa shape index (κ1) is 24.4. The van der Waals surface area contributed by atoms with E-state index in [1.54, 1.807) is 19.2 Å². The lowest BCUT2D eigenvalue weighted by molar-refractivity contribution is -0.137. The maximum absolute atomic E-state index is 13.2. The van der Waals surface area contributed by atoms with Crippen molar-refractivity contribution in [3.8, 4) is 5.82 Å². The monoisotopic (exact) mass is 485 g/mol. The van der Waals surface area contributed by atoms with Crippen LogP contribution >= 0.6 is 0 Å². The number of carbonyl (C=O) groups excluding carboxylic acids is 2. The summed E-state index contributed by atoms with van der Waals surface area (Å²) in [7, 11) is 1.66. The van der Waals surface area contributed by atoms with Gasteiger partial charge >= 0.3 is 6.18 Å². The van der Waals surface area contributed by atoms with E-state index in [-0.39, 0.29) is 29.6 Å². The van der Waals surface area contributed by atoms with Crippen molar-refractivity contribution in [3.05, 3.63) is 76.7 Å². The molecule has 184 valence electrons. The van der Waals surface area contributed by atoms with Crippen molar-refractivity contribution in [3.63, 3.8) is 0 Å². The highest BCUT2D eigenvalue weighted by atomic mass is 19.4. The minimum absolute atomic E-state index is 0.102. The maximum atomic E-state index is 13.2. The summed E-state index contributed by atoms with van der Waals surface area (Å²) in [5.41, 5.74) is 1.48. The molecule has 2 heterocycles. The molecule has 10 heteroatoms. The molecule has 7 nitrogen and oxygen atoms in total. The van der Waals surface area contributed by atoms with Crippen molar-refractivity contribution in [1.82, 2.24) is 25.0 Å². The number of rotatable bonds is 7. The van der Waals surface area contributed by atoms with Crippen LogP contribution in [-0.4, -0.2) is 44.6 Å². The highest BCUT2D eigenvalue weighted by Crippen LogP contribution is 2.30. The fourth-order valence-corrected chi connectivity index (χ4v) is 3.75. The Balaban J connectivity index is 1.50. The Morgan fingerprint density at radius 2 is 1.80 bits per heavy atom. The average molecular weight is 486 g/mol. The van der Waals surface area contributed by atoms with Gasteiger partial charge in [-0.25, -0.2) is 9.67 Å². The van der Waals surface area contributed by atoms with Gasteiger partial charge in [-0.2, -0.15) is 18.3 Å². The van der Waals surface area contributed by atoms with E-state index in [4.69, 9.17) is 0 Å². The van der Waals surface area contributed by atoms with Gasteiger partial charge in [-0.1, -0.05) is 26.0 Å². The molecule has 0 spiro atoms. The summed E-state index contributed by atoms with van der Waals surface area (Å²) in [5.74, 6) is -0.321. The van der Waals surface area contributed by atoms with E-state index in [2.05, 4.69) is 15.4 Å². The quantitative estimate of drug-likeness (QED) is 0.532. The summed E-state index contributed by atoms with van der Waals surface area (Å²) < 4.78 is 40.1. The molecule has 35 heavy (non-hydrogen) atoms. The van der Waals surface area contributed by atoms with E-state index >= 15 is 0 Å². The third-order valence-corrected chi connectivity index (χ3v) is 5.77. The van der Waals surface area contributed by atoms with Crippen molar-refractivity contribution in [2.75, 3.05) is 7.05 Å². The summed E-state index contributed by atoms with van der Waals surface area (Å²) in [6.07, 6.45) is -0.289. The van der Waals surface area contributed by atoms with Gasteiger partial charge in [-0.3, -0.25) is 9.59 Å². The molecular weight excluding hydrogens is 459 g/mol. The number of nitrogens with one attached hydrogen (secondary N) is 1. The molecule has 2 aromatic heterocycles. The third kappa shape index (κ3) is 5.52. The standard InChI is InChI=1S/C25H26F3N5O2/c1-15(2)22-20(13-30-33(22)21-11-8-18(12-29-21)25(26,27)28)24(35)32(3)14-16-4-6-17(7-5-16)23(34)31-19-9-10-19/h4-8,11-13,15,19H,9-10,14H2,1-3H3,(H,31,34). The number of halogens is 3. The largest absolute Gasteiger partial charge is 0.417 e. The van der Waals surface area contributed by atoms with Gasteiger partial charge in [-0.15, -0.1) is 0 Å². The molecule has 4 rings (SSSR count). The van der Waals surface area contributed by atoms with Crippen LogP contribution in [-0.2, 0) is 12.7 Å². The molecule has 2 amide bonds. The van der Waals surface area contributed by atoms with Crippen molar-refractivity contribution < 1.29 is 22.8 Å². The zero-order valence-corrected chi connectivity index (χ0v) is 19.6. The van der Waals surface area contributed by atoms with E-state index in [9.17, 15) is 22.8 Å². The number of benzene rings is 1. The predicted octanol–water partition coefficient (Wildman–Crippen LogP) is 4.57. The molecule has 1 fully saturated rings. The van der Waals surface area contributed by atoms with Crippen LogP contribution in [0.15, 0.2) is 48.8 Å². The number of alkyl halides is 3. The first-order valence-corrected chi connectivity index (χ1v) is 11.3. The van der Waals surface area contributed by atoms with Crippen LogP contribution in [0.25, 0.3) is 5.82 Å². The van der Waals surface area contributed by atoms with Crippen LogP contribution in [0.1, 0.15) is 70.1 Å². The van der Waals surface area contributed by atoms with Crippen LogP contribution < -0.4 is 5.32 Å². The third-order valence-electron chi connectivity index (χ3n) is 5.77. The molecule has 0 unspecified atom stereocenters. The number of aromatic nitrogens is 3. The Morgan fingerprint density at radius 3 is 2.34 bits per heavy atom. The maximum Gasteiger partial charge on any atom is 0.417 e. The SMILES string of the molecule is CC(C)c1c(C(=O)N(C)Cc2ccc(C(=O)NC3CC3)cc2)cnn1-c1ccc(C(F)(F)F)cn1. The van der Waals surface area contributed by atoms with Crippen molar-refractivity contribution >= 4 is 11.8 Å². The number of amides is 2. The highest BCUT2D eigenvalue weighted by molar-refractivity contribution is 5.95. The lowest BCUT2D eigenvalue weighted by Crippen LogP contribution is -2.27. The van der Waals surface area contributed by atoms with Crippen molar-refractivity contribution in [2.45, 2.75) is 51.4 Å². The van der Waals surface area contributed by atoms with E-state index in [0.717, 1.165) is 30.7 Å². The van der Waals surface area contributed by atoms with Gasteiger partial charge in [0.2, 0.25) is 0 Å². The topological polar surface area (TPSA) is 80.1 Å². The molecule has 1 aliphatic rings. The second kappa shape index (κ2) is 9.52. The molecule has 0 aliphatic heterocycles. The fraction of sp³-hybridized carbons (Fsp3) is 0.360.